The standard InChI is InChI=1S/C16H16ClIN2O2/c1-9-7-19-14(10(2)15(9)22-3)8-20-16(21)12-5-4-11(17)6-13(12)18/h4-7H,8H2,1-3H3,(H,20,21). The van der Waals surface area contributed by atoms with Crippen LogP contribution >= 0.6 is 34.2 Å². The van der Waals surface area contributed by atoms with Crippen molar-refractivity contribution in [2.45, 2.75) is 20.4 Å². The van der Waals surface area contributed by atoms with Crippen LogP contribution in [0.5, 0.6) is 5.75 Å². The average molecular weight is 431 g/mol. The van der Waals surface area contributed by atoms with Gasteiger partial charge in [-0.2, -0.15) is 0 Å². The van der Waals surface area contributed by atoms with Crippen molar-refractivity contribution in [3.8, 4) is 5.75 Å². The average Bonchev–Trinajstić information content (AvgIpc) is 2.46. The van der Waals surface area contributed by atoms with Gasteiger partial charge in [-0.15, -0.1) is 0 Å². The van der Waals surface area contributed by atoms with E-state index in [0.29, 0.717) is 17.1 Å². The van der Waals surface area contributed by atoms with Gasteiger partial charge in [0.25, 0.3) is 5.91 Å². The number of aryl methyl sites for hydroxylation is 1. The van der Waals surface area contributed by atoms with Gasteiger partial charge in [-0.25, -0.2) is 0 Å². The van der Waals surface area contributed by atoms with E-state index >= 15 is 0 Å². The molecule has 0 radical (unpaired) electrons. The predicted molar refractivity (Wildman–Crippen MR) is 95.6 cm³/mol. The number of methoxy groups -OCH3 is 1. The van der Waals surface area contributed by atoms with Crippen LogP contribution in [0.4, 0.5) is 0 Å². The lowest BCUT2D eigenvalue weighted by Gasteiger charge is -2.13. The van der Waals surface area contributed by atoms with E-state index in [0.717, 1.165) is 26.1 Å². The van der Waals surface area contributed by atoms with Crippen LogP contribution in [-0.2, 0) is 6.54 Å². The molecule has 0 unspecified atom stereocenters. The van der Waals surface area contributed by atoms with Crippen molar-refractivity contribution in [1.29, 1.82) is 0 Å². The largest absolute Gasteiger partial charge is 0.496 e. The topological polar surface area (TPSA) is 51.2 Å². The highest BCUT2D eigenvalue weighted by Gasteiger charge is 2.13. The summed E-state index contributed by atoms with van der Waals surface area (Å²) in [5.41, 5.74) is 3.30. The molecule has 22 heavy (non-hydrogen) atoms. The molecule has 1 aromatic carbocycles. The van der Waals surface area contributed by atoms with Crippen LogP contribution < -0.4 is 10.1 Å². The zero-order valence-electron chi connectivity index (χ0n) is 12.5. The number of hydrogen-bond donors (Lipinski definition) is 1. The van der Waals surface area contributed by atoms with Crippen molar-refractivity contribution in [3.63, 3.8) is 0 Å². The van der Waals surface area contributed by atoms with Gasteiger partial charge in [-0.1, -0.05) is 11.6 Å². The number of aromatic nitrogens is 1. The molecule has 0 saturated carbocycles. The van der Waals surface area contributed by atoms with Gasteiger partial charge < -0.3 is 10.1 Å². The Labute approximate surface area is 148 Å². The Morgan fingerprint density at radius 2 is 2.14 bits per heavy atom. The minimum absolute atomic E-state index is 0.151. The highest BCUT2D eigenvalue weighted by molar-refractivity contribution is 14.1. The molecule has 2 rings (SSSR count). The third kappa shape index (κ3) is 3.70. The van der Waals surface area contributed by atoms with E-state index < -0.39 is 0 Å². The lowest BCUT2D eigenvalue weighted by atomic mass is 10.1. The molecular weight excluding hydrogens is 415 g/mol. The third-order valence-corrected chi connectivity index (χ3v) is 4.47. The second-order valence-corrected chi connectivity index (χ2v) is 6.45. The van der Waals surface area contributed by atoms with Gasteiger partial charge in [0.1, 0.15) is 5.75 Å². The van der Waals surface area contributed by atoms with Crippen LogP contribution in [-0.4, -0.2) is 18.0 Å². The number of rotatable bonds is 4. The molecule has 0 atom stereocenters. The van der Waals surface area contributed by atoms with Gasteiger partial charge in [-0.05, 0) is 54.6 Å². The first-order valence-electron chi connectivity index (χ1n) is 6.66. The smallest absolute Gasteiger partial charge is 0.252 e. The molecular formula is C16H16ClIN2O2. The Hall–Kier alpha value is -1.34. The zero-order valence-corrected chi connectivity index (χ0v) is 15.4. The number of carbonyl (C=O) groups is 1. The number of nitrogens with one attached hydrogen (secondary N) is 1. The van der Waals surface area contributed by atoms with Crippen molar-refractivity contribution < 1.29 is 9.53 Å². The highest BCUT2D eigenvalue weighted by Crippen LogP contribution is 2.24. The summed E-state index contributed by atoms with van der Waals surface area (Å²) >= 11 is 8.00. The molecule has 2 aromatic rings. The van der Waals surface area contributed by atoms with E-state index in [4.69, 9.17) is 16.3 Å². The maximum atomic E-state index is 12.3. The molecule has 6 heteroatoms. The number of pyridine rings is 1. The Morgan fingerprint density at radius 1 is 1.41 bits per heavy atom. The minimum Gasteiger partial charge on any atom is -0.496 e. The van der Waals surface area contributed by atoms with E-state index in [9.17, 15) is 4.79 Å². The number of halogens is 2. The zero-order chi connectivity index (χ0) is 16.3. The summed E-state index contributed by atoms with van der Waals surface area (Å²) in [5, 5.41) is 3.49. The summed E-state index contributed by atoms with van der Waals surface area (Å²) < 4.78 is 6.19. The van der Waals surface area contributed by atoms with Gasteiger partial charge in [0.2, 0.25) is 0 Å². The van der Waals surface area contributed by atoms with Gasteiger partial charge >= 0.3 is 0 Å². The summed E-state index contributed by atoms with van der Waals surface area (Å²) in [4.78, 5) is 16.6. The number of nitrogens with zero attached hydrogens (tertiary/aromatic N) is 1. The Kier molecular flexibility index (Phi) is 5.63. The molecule has 0 fully saturated rings. The van der Waals surface area contributed by atoms with Crippen LogP contribution in [0.25, 0.3) is 0 Å². The molecule has 0 spiro atoms. The first-order valence-corrected chi connectivity index (χ1v) is 8.12. The first-order chi connectivity index (χ1) is 10.4. The van der Waals surface area contributed by atoms with Crippen LogP contribution in [0.3, 0.4) is 0 Å². The van der Waals surface area contributed by atoms with Crippen molar-refractivity contribution >= 4 is 40.1 Å². The van der Waals surface area contributed by atoms with Crippen LogP contribution in [0, 0.1) is 17.4 Å². The lowest BCUT2D eigenvalue weighted by molar-refractivity contribution is 0.0949. The molecule has 1 amide bonds. The molecule has 1 heterocycles. The Balaban J connectivity index is 2.15. The lowest BCUT2D eigenvalue weighted by Crippen LogP contribution is -2.24. The summed E-state index contributed by atoms with van der Waals surface area (Å²) in [6.07, 6.45) is 1.75. The molecule has 0 aliphatic carbocycles. The third-order valence-electron chi connectivity index (χ3n) is 3.34. The molecule has 1 N–H and O–H groups in total. The fraction of sp³-hybridized carbons (Fsp3) is 0.250. The number of ether oxygens (including phenoxy) is 1. The maximum absolute atomic E-state index is 12.3. The van der Waals surface area contributed by atoms with E-state index in [2.05, 4.69) is 32.9 Å². The first kappa shape index (κ1) is 17.0. The quantitative estimate of drug-likeness (QED) is 0.749. The summed E-state index contributed by atoms with van der Waals surface area (Å²) in [7, 11) is 1.63. The van der Waals surface area contributed by atoms with E-state index in [1.165, 1.54) is 0 Å². The van der Waals surface area contributed by atoms with Crippen molar-refractivity contribution in [3.05, 3.63) is 55.4 Å². The van der Waals surface area contributed by atoms with Crippen LogP contribution in [0.1, 0.15) is 27.2 Å². The van der Waals surface area contributed by atoms with Gasteiger partial charge in [-0.3, -0.25) is 9.78 Å². The Bertz CT molecular complexity index is 720. The predicted octanol–water partition coefficient (Wildman–Crippen LogP) is 3.90. The molecule has 0 aliphatic heterocycles. The second kappa shape index (κ2) is 7.28. The van der Waals surface area contributed by atoms with Crippen LogP contribution in [0.15, 0.2) is 24.4 Å². The van der Waals surface area contributed by atoms with E-state index in [-0.39, 0.29) is 5.91 Å². The minimum atomic E-state index is -0.151. The number of hydrogen-bond acceptors (Lipinski definition) is 3. The Morgan fingerprint density at radius 3 is 2.77 bits per heavy atom. The van der Waals surface area contributed by atoms with E-state index in [1.807, 2.05) is 13.8 Å². The van der Waals surface area contributed by atoms with E-state index in [1.54, 1.807) is 31.5 Å². The fourth-order valence-electron chi connectivity index (χ4n) is 2.18. The molecule has 116 valence electrons. The SMILES string of the molecule is COc1c(C)cnc(CNC(=O)c2ccc(Cl)cc2I)c1C. The van der Waals surface area contributed by atoms with Crippen molar-refractivity contribution in [2.75, 3.05) is 7.11 Å². The fourth-order valence-corrected chi connectivity index (χ4v) is 3.30. The van der Waals surface area contributed by atoms with Crippen molar-refractivity contribution in [2.24, 2.45) is 0 Å². The molecule has 0 saturated heterocycles. The molecule has 0 bridgehead atoms. The number of benzene rings is 1. The normalized spacial score (nSPS) is 10.4. The molecule has 1 aromatic heterocycles. The highest BCUT2D eigenvalue weighted by atomic mass is 127. The number of carbonyl (C=O) groups excluding carboxylic acids is 1. The summed E-state index contributed by atoms with van der Waals surface area (Å²) in [5.74, 6) is 0.655. The molecule has 4 nitrogen and oxygen atoms in total. The second-order valence-electron chi connectivity index (χ2n) is 4.85. The monoisotopic (exact) mass is 430 g/mol. The van der Waals surface area contributed by atoms with Gasteiger partial charge in [0.05, 0.1) is 24.9 Å². The van der Waals surface area contributed by atoms with Gasteiger partial charge in [0, 0.05) is 25.9 Å². The number of amides is 1. The van der Waals surface area contributed by atoms with Crippen LogP contribution in [0.2, 0.25) is 5.02 Å². The maximum Gasteiger partial charge on any atom is 0.252 e. The van der Waals surface area contributed by atoms with Gasteiger partial charge in [0.15, 0.2) is 0 Å². The summed E-state index contributed by atoms with van der Waals surface area (Å²) in [6, 6.07) is 5.18. The molecule has 0 aliphatic rings. The summed E-state index contributed by atoms with van der Waals surface area (Å²) in [6.45, 7) is 4.23. The van der Waals surface area contributed by atoms with Crippen molar-refractivity contribution in [1.82, 2.24) is 10.3 Å².